The second-order valence-corrected chi connectivity index (χ2v) is 5.73. The third-order valence-corrected chi connectivity index (χ3v) is 4.06. The monoisotopic (exact) mass is 256 g/mol. The van der Waals surface area contributed by atoms with Crippen molar-refractivity contribution in [2.45, 2.75) is 63.7 Å². The minimum atomic E-state index is -0.0972. The van der Waals surface area contributed by atoms with Gasteiger partial charge in [0, 0.05) is 5.92 Å². The van der Waals surface area contributed by atoms with Gasteiger partial charge in [-0.2, -0.15) is 4.98 Å². The number of alkyl halides is 1. The van der Waals surface area contributed by atoms with Gasteiger partial charge in [-0.3, -0.25) is 0 Å². The van der Waals surface area contributed by atoms with Gasteiger partial charge in [0.25, 0.3) is 0 Å². The fourth-order valence-corrected chi connectivity index (χ4v) is 2.74. The van der Waals surface area contributed by atoms with E-state index in [0.29, 0.717) is 11.7 Å². The normalized spacial score (nSPS) is 27.0. The molecule has 0 amide bonds. The van der Waals surface area contributed by atoms with Gasteiger partial charge in [0.2, 0.25) is 5.89 Å². The number of aromatic nitrogens is 2. The number of halogens is 1. The van der Waals surface area contributed by atoms with Gasteiger partial charge in [-0.05, 0) is 38.0 Å². The molecule has 3 nitrogen and oxygen atoms in total. The topological polar surface area (TPSA) is 38.9 Å². The van der Waals surface area contributed by atoms with E-state index in [2.05, 4.69) is 24.0 Å². The Morgan fingerprint density at radius 3 is 2.71 bits per heavy atom. The quantitative estimate of drug-likeness (QED) is 0.748. The van der Waals surface area contributed by atoms with Crippen LogP contribution in [0.4, 0.5) is 0 Å². The second-order valence-electron chi connectivity index (χ2n) is 5.20. The molecule has 0 spiro atoms. The number of hydrogen-bond acceptors (Lipinski definition) is 3. The molecule has 1 saturated carbocycles. The van der Waals surface area contributed by atoms with Crippen molar-refractivity contribution in [2.75, 3.05) is 0 Å². The van der Waals surface area contributed by atoms with Crippen molar-refractivity contribution in [3.63, 3.8) is 0 Å². The number of hydrogen-bond donors (Lipinski definition) is 0. The molecule has 0 aromatic carbocycles. The first-order chi connectivity index (χ1) is 8.20. The zero-order valence-corrected chi connectivity index (χ0v) is 11.4. The first-order valence-corrected chi connectivity index (χ1v) is 7.12. The largest absolute Gasteiger partial charge is 0.339 e. The number of nitrogens with zero attached hydrogens (tertiary/aromatic N) is 2. The summed E-state index contributed by atoms with van der Waals surface area (Å²) >= 11 is 6.20. The van der Waals surface area contributed by atoms with Crippen LogP contribution in [0.25, 0.3) is 0 Å². The molecular formula is C13H21ClN2O. The zero-order valence-electron chi connectivity index (χ0n) is 10.7. The summed E-state index contributed by atoms with van der Waals surface area (Å²) in [7, 11) is 0. The maximum atomic E-state index is 6.20. The predicted octanol–water partition coefficient (Wildman–Crippen LogP) is 4.44. The molecule has 0 bridgehead atoms. The molecule has 0 N–H and O–H groups in total. The average molecular weight is 257 g/mol. The Bertz CT molecular complexity index is 345. The molecule has 1 heterocycles. The fourth-order valence-electron chi connectivity index (χ4n) is 2.43. The van der Waals surface area contributed by atoms with Crippen LogP contribution in [0.2, 0.25) is 0 Å². The van der Waals surface area contributed by atoms with Crippen molar-refractivity contribution in [1.82, 2.24) is 10.1 Å². The van der Waals surface area contributed by atoms with Crippen molar-refractivity contribution in [3.8, 4) is 0 Å². The lowest BCUT2D eigenvalue weighted by atomic mass is 9.83. The molecule has 96 valence electrons. The lowest BCUT2D eigenvalue weighted by Gasteiger charge is -2.23. The summed E-state index contributed by atoms with van der Waals surface area (Å²) in [5, 5.41) is 3.91. The first-order valence-electron chi connectivity index (χ1n) is 6.68. The summed E-state index contributed by atoms with van der Waals surface area (Å²) in [6.45, 7) is 4.42. The van der Waals surface area contributed by atoms with Gasteiger partial charge in [0.15, 0.2) is 5.82 Å². The zero-order chi connectivity index (χ0) is 12.3. The van der Waals surface area contributed by atoms with E-state index < -0.39 is 0 Å². The first kappa shape index (κ1) is 12.9. The van der Waals surface area contributed by atoms with Crippen molar-refractivity contribution >= 4 is 11.6 Å². The van der Waals surface area contributed by atoms with E-state index >= 15 is 0 Å². The Morgan fingerprint density at radius 2 is 2.06 bits per heavy atom. The van der Waals surface area contributed by atoms with Gasteiger partial charge in [-0.1, -0.05) is 25.4 Å². The summed E-state index contributed by atoms with van der Waals surface area (Å²) in [5.74, 6) is 2.77. The Balaban J connectivity index is 1.98. The van der Waals surface area contributed by atoms with Crippen LogP contribution in [0.1, 0.15) is 75.4 Å². The van der Waals surface area contributed by atoms with E-state index in [-0.39, 0.29) is 5.38 Å². The van der Waals surface area contributed by atoms with Gasteiger partial charge < -0.3 is 4.52 Å². The molecule has 0 radical (unpaired) electrons. The molecule has 1 fully saturated rings. The predicted molar refractivity (Wildman–Crippen MR) is 68.2 cm³/mol. The van der Waals surface area contributed by atoms with Gasteiger partial charge in [-0.25, -0.2) is 0 Å². The lowest BCUT2D eigenvalue weighted by molar-refractivity contribution is 0.280. The summed E-state index contributed by atoms with van der Waals surface area (Å²) in [6.07, 6.45) is 6.82. The van der Waals surface area contributed by atoms with Crippen LogP contribution >= 0.6 is 11.6 Å². The Kier molecular flexibility index (Phi) is 4.43. The van der Waals surface area contributed by atoms with E-state index in [1.807, 2.05) is 0 Å². The summed E-state index contributed by atoms with van der Waals surface area (Å²) < 4.78 is 5.36. The third kappa shape index (κ3) is 3.21. The Hall–Kier alpha value is -0.570. The van der Waals surface area contributed by atoms with Crippen LogP contribution in [0, 0.1) is 5.92 Å². The standard InChI is InChI=1S/C13H21ClN2O/c1-3-4-11(14)12-15-13(17-16-12)10-7-5-9(2)6-8-10/h9-11H,3-8H2,1-2H3. The molecule has 4 heteroatoms. The van der Waals surface area contributed by atoms with E-state index in [0.717, 1.165) is 24.7 Å². The van der Waals surface area contributed by atoms with Crippen LogP contribution < -0.4 is 0 Å². The fraction of sp³-hybridized carbons (Fsp3) is 0.846. The maximum Gasteiger partial charge on any atom is 0.229 e. The van der Waals surface area contributed by atoms with Crippen LogP contribution in [0.5, 0.6) is 0 Å². The van der Waals surface area contributed by atoms with Gasteiger partial charge >= 0.3 is 0 Å². The van der Waals surface area contributed by atoms with E-state index in [1.54, 1.807) is 0 Å². The van der Waals surface area contributed by atoms with Gasteiger partial charge in [0.05, 0.1) is 5.38 Å². The molecule has 17 heavy (non-hydrogen) atoms. The molecule has 1 aromatic heterocycles. The maximum absolute atomic E-state index is 6.20. The van der Waals surface area contributed by atoms with E-state index in [1.165, 1.54) is 25.7 Å². The highest BCUT2D eigenvalue weighted by Crippen LogP contribution is 2.35. The SMILES string of the molecule is CCCC(Cl)c1noc(C2CCC(C)CC2)n1. The molecule has 0 saturated heterocycles. The molecule has 1 aliphatic carbocycles. The highest BCUT2D eigenvalue weighted by Gasteiger charge is 2.25. The summed E-state index contributed by atoms with van der Waals surface area (Å²) in [6, 6.07) is 0. The minimum Gasteiger partial charge on any atom is -0.339 e. The highest BCUT2D eigenvalue weighted by atomic mass is 35.5. The Labute approximate surface area is 108 Å². The highest BCUT2D eigenvalue weighted by molar-refractivity contribution is 6.20. The van der Waals surface area contributed by atoms with Gasteiger partial charge in [0.1, 0.15) is 0 Å². The summed E-state index contributed by atoms with van der Waals surface area (Å²) in [4.78, 5) is 4.47. The van der Waals surface area contributed by atoms with Crippen LogP contribution in [0.15, 0.2) is 4.52 Å². The van der Waals surface area contributed by atoms with E-state index in [9.17, 15) is 0 Å². The molecule has 1 unspecified atom stereocenters. The molecule has 2 rings (SSSR count). The van der Waals surface area contributed by atoms with Crippen LogP contribution in [0.3, 0.4) is 0 Å². The van der Waals surface area contributed by atoms with Crippen molar-refractivity contribution in [3.05, 3.63) is 11.7 Å². The second kappa shape index (κ2) is 5.85. The molecule has 0 aliphatic heterocycles. The van der Waals surface area contributed by atoms with Crippen molar-refractivity contribution < 1.29 is 4.52 Å². The third-order valence-electron chi connectivity index (χ3n) is 3.64. The van der Waals surface area contributed by atoms with Crippen LogP contribution in [-0.4, -0.2) is 10.1 Å². The average Bonchev–Trinajstić information content (AvgIpc) is 2.80. The molecule has 1 aromatic rings. The van der Waals surface area contributed by atoms with E-state index in [4.69, 9.17) is 16.1 Å². The minimum absolute atomic E-state index is 0.0972. The smallest absolute Gasteiger partial charge is 0.229 e. The molecule has 1 aliphatic rings. The van der Waals surface area contributed by atoms with Crippen molar-refractivity contribution in [2.24, 2.45) is 5.92 Å². The van der Waals surface area contributed by atoms with Crippen molar-refractivity contribution in [1.29, 1.82) is 0 Å². The molecule has 1 atom stereocenters. The Morgan fingerprint density at radius 1 is 1.35 bits per heavy atom. The van der Waals surface area contributed by atoms with Crippen LogP contribution in [-0.2, 0) is 0 Å². The number of rotatable bonds is 4. The van der Waals surface area contributed by atoms with Gasteiger partial charge in [-0.15, -0.1) is 11.6 Å². The molecular weight excluding hydrogens is 236 g/mol. The lowest BCUT2D eigenvalue weighted by Crippen LogP contribution is -2.11. The summed E-state index contributed by atoms with van der Waals surface area (Å²) in [5.41, 5.74) is 0.